The van der Waals surface area contributed by atoms with E-state index < -0.39 is 42.4 Å². The van der Waals surface area contributed by atoms with Crippen molar-refractivity contribution in [3.8, 4) is 0 Å². The zero-order valence-corrected chi connectivity index (χ0v) is 13.7. The summed E-state index contributed by atoms with van der Waals surface area (Å²) in [4.78, 5) is 35.3. The number of hydrogen-bond acceptors (Lipinski definition) is 5. The van der Waals surface area contributed by atoms with Gasteiger partial charge in [0.2, 0.25) is 5.91 Å². The van der Waals surface area contributed by atoms with Crippen LogP contribution in [0, 0.1) is 5.92 Å². The van der Waals surface area contributed by atoms with Crippen LogP contribution < -0.4 is 10.6 Å². The van der Waals surface area contributed by atoms with Gasteiger partial charge < -0.3 is 15.4 Å². The fourth-order valence-corrected chi connectivity index (χ4v) is 2.13. The van der Waals surface area contributed by atoms with Crippen molar-refractivity contribution in [1.82, 2.24) is 10.6 Å². The summed E-state index contributed by atoms with van der Waals surface area (Å²) < 4.78 is 44.7. The molecule has 0 aliphatic carbocycles. The molecule has 0 aromatic carbocycles. The first-order valence-electron chi connectivity index (χ1n) is 7.38. The molecule has 138 valence electrons. The Hall–Kier alpha value is -1.84. The molecule has 1 saturated heterocycles. The van der Waals surface area contributed by atoms with Crippen LogP contribution >= 0.6 is 0 Å². The van der Waals surface area contributed by atoms with Crippen LogP contribution in [0.25, 0.3) is 0 Å². The highest BCUT2D eigenvalue weighted by molar-refractivity contribution is 5.89. The molecule has 0 aromatic rings. The van der Waals surface area contributed by atoms with Crippen LogP contribution in [0.1, 0.15) is 33.6 Å². The lowest BCUT2D eigenvalue weighted by molar-refractivity contribution is -0.321. The van der Waals surface area contributed by atoms with Crippen LogP contribution in [0.5, 0.6) is 0 Å². The van der Waals surface area contributed by atoms with Crippen LogP contribution in [0.4, 0.5) is 18.0 Å². The number of alkyl halides is 3. The summed E-state index contributed by atoms with van der Waals surface area (Å²) in [7, 11) is 0. The zero-order valence-electron chi connectivity index (χ0n) is 13.7. The molecule has 10 heteroatoms. The fourth-order valence-electron chi connectivity index (χ4n) is 2.13. The van der Waals surface area contributed by atoms with Crippen molar-refractivity contribution in [3.63, 3.8) is 0 Å². The highest BCUT2D eigenvalue weighted by Gasteiger charge is 2.35. The molecule has 1 rings (SSSR count). The quantitative estimate of drug-likeness (QED) is 0.754. The molecule has 2 atom stereocenters. The standard InChI is InChI=1S/C14H21F3N2O5/c1-13(2,3)24-12(22)19-9(6-8-4-5-18-11(8)21)10(20)7-23-14(15,16)17/h8-9H,4-7H2,1-3H3,(H,18,21)(H,19,22). The summed E-state index contributed by atoms with van der Waals surface area (Å²) in [5, 5.41) is 4.78. The Labute approximate surface area is 137 Å². The molecule has 7 nitrogen and oxygen atoms in total. The first kappa shape index (κ1) is 20.2. The van der Waals surface area contributed by atoms with E-state index in [0.29, 0.717) is 13.0 Å². The van der Waals surface area contributed by atoms with E-state index in [1.165, 1.54) is 0 Å². The number of nitrogens with one attached hydrogen (secondary N) is 2. The van der Waals surface area contributed by atoms with Crippen LogP contribution in [0.15, 0.2) is 0 Å². The molecule has 0 bridgehead atoms. The largest absolute Gasteiger partial charge is 0.522 e. The molecule has 0 radical (unpaired) electrons. The number of carbonyl (C=O) groups is 3. The number of amides is 2. The molecule has 1 heterocycles. The average molecular weight is 354 g/mol. The van der Waals surface area contributed by atoms with E-state index in [1.807, 2.05) is 0 Å². The van der Waals surface area contributed by atoms with Gasteiger partial charge >= 0.3 is 12.5 Å². The number of Topliss-reactive ketones (excluding diaryl/α,β-unsaturated/α-hetero) is 1. The number of hydrogen-bond donors (Lipinski definition) is 2. The van der Waals surface area contributed by atoms with Crippen molar-refractivity contribution in [2.24, 2.45) is 5.92 Å². The van der Waals surface area contributed by atoms with Gasteiger partial charge in [0.25, 0.3) is 0 Å². The van der Waals surface area contributed by atoms with Crippen LogP contribution in [0.3, 0.4) is 0 Å². The van der Waals surface area contributed by atoms with Crippen LogP contribution in [-0.2, 0) is 19.1 Å². The predicted octanol–water partition coefficient (Wildman–Crippen LogP) is 1.51. The van der Waals surface area contributed by atoms with E-state index in [9.17, 15) is 27.6 Å². The van der Waals surface area contributed by atoms with Crippen molar-refractivity contribution in [3.05, 3.63) is 0 Å². The highest BCUT2D eigenvalue weighted by atomic mass is 19.4. The predicted molar refractivity (Wildman–Crippen MR) is 75.9 cm³/mol. The maximum Gasteiger partial charge on any atom is 0.522 e. The van der Waals surface area contributed by atoms with E-state index in [-0.39, 0.29) is 12.3 Å². The molecule has 0 saturated carbocycles. The van der Waals surface area contributed by atoms with E-state index in [4.69, 9.17) is 4.74 Å². The molecule has 0 spiro atoms. The van der Waals surface area contributed by atoms with Crippen molar-refractivity contribution in [2.75, 3.05) is 13.2 Å². The third kappa shape index (κ3) is 7.62. The lowest BCUT2D eigenvalue weighted by atomic mass is 9.96. The highest BCUT2D eigenvalue weighted by Crippen LogP contribution is 2.19. The first-order chi connectivity index (χ1) is 10.9. The van der Waals surface area contributed by atoms with Crippen LogP contribution in [0.2, 0.25) is 0 Å². The molecule has 1 aliphatic rings. The summed E-state index contributed by atoms with van der Waals surface area (Å²) in [6.45, 7) is 3.95. The monoisotopic (exact) mass is 354 g/mol. The minimum Gasteiger partial charge on any atom is -0.444 e. The number of rotatable bonds is 6. The molecular weight excluding hydrogens is 333 g/mol. The summed E-state index contributed by atoms with van der Waals surface area (Å²) in [5.41, 5.74) is -0.842. The molecule has 1 aliphatic heterocycles. The van der Waals surface area contributed by atoms with Gasteiger partial charge in [0.15, 0.2) is 5.78 Å². The second-order valence-electron chi connectivity index (χ2n) is 6.41. The van der Waals surface area contributed by atoms with E-state index in [2.05, 4.69) is 15.4 Å². The Kier molecular flexibility index (Phi) is 6.58. The van der Waals surface area contributed by atoms with E-state index >= 15 is 0 Å². The molecule has 2 unspecified atom stereocenters. The molecular formula is C14H21F3N2O5. The second kappa shape index (κ2) is 7.82. The Morgan fingerprint density at radius 3 is 2.42 bits per heavy atom. The fraction of sp³-hybridized carbons (Fsp3) is 0.786. The van der Waals surface area contributed by atoms with Gasteiger partial charge in [-0.05, 0) is 33.6 Å². The van der Waals surface area contributed by atoms with Crippen molar-refractivity contribution in [1.29, 1.82) is 0 Å². The van der Waals surface area contributed by atoms with Crippen LogP contribution in [-0.4, -0.2) is 48.9 Å². The van der Waals surface area contributed by atoms with Gasteiger partial charge in [-0.3, -0.25) is 14.3 Å². The normalized spacial score (nSPS) is 19.6. The summed E-state index contributed by atoms with van der Waals surface area (Å²) in [5.74, 6) is -1.87. The summed E-state index contributed by atoms with van der Waals surface area (Å²) in [6, 6.07) is -1.31. The van der Waals surface area contributed by atoms with Crippen molar-refractivity contribution in [2.45, 2.75) is 51.6 Å². The number of alkyl carbamates (subject to hydrolysis) is 1. The summed E-state index contributed by atoms with van der Waals surface area (Å²) >= 11 is 0. The second-order valence-corrected chi connectivity index (χ2v) is 6.41. The third-order valence-electron chi connectivity index (χ3n) is 3.14. The first-order valence-corrected chi connectivity index (χ1v) is 7.38. The SMILES string of the molecule is CC(C)(C)OC(=O)NC(CC1CCNC1=O)C(=O)COC(F)(F)F. The van der Waals surface area contributed by atoms with Crippen molar-refractivity contribution >= 4 is 17.8 Å². The molecule has 2 N–H and O–H groups in total. The third-order valence-corrected chi connectivity index (χ3v) is 3.14. The topological polar surface area (TPSA) is 93.7 Å². The Bertz CT molecular complexity index is 488. The molecule has 1 fully saturated rings. The molecule has 0 aromatic heterocycles. The summed E-state index contributed by atoms with van der Waals surface area (Å²) in [6.07, 6.45) is -5.60. The van der Waals surface area contributed by atoms with Gasteiger partial charge in [-0.15, -0.1) is 13.2 Å². The maximum absolute atomic E-state index is 12.1. The van der Waals surface area contributed by atoms with Gasteiger partial charge in [-0.2, -0.15) is 0 Å². The minimum atomic E-state index is -4.96. The van der Waals surface area contributed by atoms with E-state index in [1.54, 1.807) is 20.8 Å². The zero-order chi connectivity index (χ0) is 18.5. The van der Waals surface area contributed by atoms with Crippen molar-refractivity contribution < 1.29 is 37.0 Å². The minimum absolute atomic E-state index is 0.120. The van der Waals surface area contributed by atoms with Gasteiger partial charge in [0.05, 0.1) is 6.04 Å². The number of ether oxygens (including phenoxy) is 2. The van der Waals surface area contributed by atoms with Gasteiger partial charge in [0, 0.05) is 12.5 Å². The van der Waals surface area contributed by atoms with E-state index in [0.717, 1.165) is 0 Å². The Morgan fingerprint density at radius 2 is 1.96 bits per heavy atom. The Balaban J connectivity index is 2.72. The molecule has 24 heavy (non-hydrogen) atoms. The lowest BCUT2D eigenvalue weighted by Crippen LogP contribution is -2.46. The average Bonchev–Trinajstić information content (AvgIpc) is 2.77. The maximum atomic E-state index is 12.1. The lowest BCUT2D eigenvalue weighted by Gasteiger charge is -2.24. The van der Waals surface area contributed by atoms with Gasteiger partial charge in [-0.1, -0.05) is 0 Å². The molecule has 2 amide bonds. The number of carbonyl (C=O) groups excluding carboxylic acids is 3. The smallest absolute Gasteiger partial charge is 0.444 e. The van der Waals surface area contributed by atoms with Gasteiger partial charge in [-0.25, -0.2) is 4.79 Å². The Morgan fingerprint density at radius 1 is 1.33 bits per heavy atom. The number of halogens is 3. The number of ketones is 1. The van der Waals surface area contributed by atoms with Gasteiger partial charge in [0.1, 0.15) is 12.2 Å².